The summed E-state index contributed by atoms with van der Waals surface area (Å²) >= 11 is 0. The van der Waals surface area contributed by atoms with Crippen LogP contribution in [-0.2, 0) is 6.54 Å². The molecule has 0 unspecified atom stereocenters. The number of aromatic carboxylic acids is 1. The fourth-order valence-corrected chi connectivity index (χ4v) is 1.60. The van der Waals surface area contributed by atoms with Gasteiger partial charge in [-0.05, 0) is 25.0 Å². The highest BCUT2D eigenvalue weighted by Crippen LogP contribution is 2.48. The van der Waals surface area contributed by atoms with Crippen LogP contribution in [0, 0.1) is 0 Å². The highest BCUT2D eigenvalue weighted by Gasteiger charge is 2.62. The fourth-order valence-electron chi connectivity index (χ4n) is 1.60. The minimum Gasteiger partial charge on any atom is -0.478 e. The average molecular weight is 260 g/mol. The van der Waals surface area contributed by atoms with Gasteiger partial charge in [-0.2, -0.15) is 13.2 Å². The Bertz CT molecular complexity index is 452. The summed E-state index contributed by atoms with van der Waals surface area (Å²) in [6.07, 6.45) is -2.98. The molecule has 1 saturated carbocycles. The third-order valence-electron chi connectivity index (χ3n) is 2.97. The van der Waals surface area contributed by atoms with Gasteiger partial charge in [0.2, 0.25) is 0 Å². The third kappa shape index (κ3) is 2.45. The summed E-state index contributed by atoms with van der Waals surface area (Å²) < 4.78 is 37.8. The Morgan fingerprint density at radius 3 is 2.50 bits per heavy atom. The summed E-state index contributed by atoms with van der Waals surface area (Å²) in [6.45, 7) is -0.0284. The predicted octanol–water partition coefficient (Wildman–Crippen LogP) is 1.96. The molecule has 98 valence electrons. The molecular formula is C11H11F3N2O2. The van der Waals surface area contributed by atoms with Gasteiger partial charge >= 0.3 is 12.1 Å². The first-order valence-corrected chi connectivity index (χ1v) is 5.34. The molecule has 0 aromatic carbocycles. The van der Waals surface area contributed by atoms with E-state index in [1.807, 2.05) is 0 Å². The second-order valence-corrected chi connectivity index (χ2v) is 4.28. The molecule has 2 rings (SSSR count). The van der Waals surface area contributed by atoms with E-state index in [0.29, 0.717) is 5.69 Å². The first-order valence-electron chi connectivity index (χ1n) is 5.34. The lowest BCUT2D eigenvalue weighted by atomic mass is 10.2. The molecule has 0 amide bonds. The van der Waals surface area contributed by atoms with Crippen LogP contribution < -0.4 is 5.32 Å². The molecule has 2 N–H and O–H groups in total. The molecule has 0 spiro atoms. The number of carboxylic acid groups (broad SMARTS) is 1. The summed E-state index contributed by atoms with van der Waals surface area (Å²) in [6, 6.07) is 2.72. The highest BCUT2D eigenvalue weighted by atomic mass is 19.4. The van der Waals surface area contributed by atoms with Crippen molar-refractivity contribution in [3.63, 3.8) is 0 Å². The SMILES string of the molecule is O=C(O)c1ccc(CNC2(C(F)(F)F)CC2)nc1. The van der Waals surface area contributed by atoms with Gasteiger partial charge < -0.3 is 5.11 Å². The van der Waals surface area contributed by atoms with E-state index in [0.717, 1.165) is 6.20 Å². The lowest BCUT2D eigenvalue weighted by molar-refractivity contribution is -0.166. The number of nitrogens with one attached hydrogen (secondary N) is 1. The molecule has 0 bridgehead atoms. The largest absolute Gasteiger partial charge is 0.478 e. The van der Waals surface area contributed by atoms with E-state index in [1.165, 1.54) is 12.1 Å². The molecule has 0 aliphatic heterocycles. The number of pyridine rings is 1. The number of hydrogen-bond acceptors (Lipinski definition) is 3. The molecule has 4 nitrogen and oxygen atoms in total. The quantitative estimate of drug-likeness (QED) is 0.868. The van der Waals surface area contributed by atoms with Gasteiger partial charge in [-0.1, -0.05) is 0 Å². The Balaban J connectivity index is 1.97. The Morgan fingerprint density at radius 2 is 2.11 bits per heavy atom. The molecule has 18 heavy (non-hydrogen) atoms. The van der Waals surface area contributed by atoms with Crippen LogP contribution in [0.15, 0.2) is 18.3 Å². The van der Waals surface area contributed by atoms with Crippen molar-refractivity contribution < 1.29 is 23.1 Å². The van der Waals surface area contributed by atoms with Crippen molar-refractivity contribution in [1.29, 1.82) is 0 Å². The Kier molecular flexibility index (Phi) is 3.02. The number of aromatic nitrogens is 1. The van der Waals surface area contributed by atoms with Crippen LogP contribution >= 0.6 is 0 Å². The number of carboxylic acids is 1. The topological polar surface area (TPSA) is 62.2 Å². The molecule has 1 aliphatic rings. The second-order valence-electron chi connectivity index (χ2n) is 4.28. The van der Waals surface area contributed by atoms with Crippen LogP contribution in [0.4, 0.5) is 13.2 Å². The Hall–Kier alpha value is -1.63. The number of hydrogen-bond donors (Lipinski definition) is 2. The van der Waals surface area contributed by atoms with E-state index in [1.54, 1.807) is 0 Å². The van der Waals surface area contributed by atoms with Crippen LogP contribution in [-0.4, -0.2) is 27.8 Å². The fraction of sp³-hybridized carbons (Fsp3) is 0.455. The lowest BCUT2D eigenvalue weighted by Gasteiger charge is -2.20. The van der Waals surface area contributed by atoms with Crippen molar-refractivity contribution in [2.45, 2.75) is 31.1 Å². The van der Waals surface area contributed by atoms with E-state index in [2.05, 4.69) is 10.3 Å². The van der Waals surface area contributed by atoms with Crippen molar-refractivity contribution in [1.82, 2.24) is 10.3 Å². The molecule has 1 fully saturated rings. The monoisotopic (exact) mass is 260 g/mol. The molecule has 0 saturated heterocycles. The van der Waals surface area contributed by atoms with Gasteiger partial charge in [-0.25, -0.2) is 4.79 Å². The number of nitrogens with zero attached hydrogens (tertiary/aromatic N) is 1. The zero-order valence-corrected chi connectivity index (χ0v) is 9.29. The van der Waals surface area contributed by atoms with Gasteiger partial charge in [0.25, 0.3) is 0 Å². The van der Waals surface area contributed by atoms with Crippen LogP contribution in [0.5, 0.6) is 0 Å². The van der Waals surface area contributed by atoms with E-state index >= 15 is 0 Å². The standard InChI is InChI=1S/C11H11F3N2O2/c12-11(13,14)10(3-4-10)16-6-8-2-1-7(5-15-8)9(17)18/h1-2,5,16H,3-4,6H2,(H,17,18). The van der Waals surface area contributed by atoms with E-state index < -0.39 is 17.7 Å². The predicted molar refractivity (Wildman–Crippen MR) is 56.1 cm³/mol. The molecular weight excluding hydrogens is 249 g/mol. The van der Waals surface area contributed by atoms with E-state index in [-0.39, 0.29) is 24.9 Å². The van der Waals surface area contributed by atoms with Crippen LogP contribution in [0.1, 0.15) is 28.9 Å². The van der Waals surface area contributed by atoms with Crippen LogP contribution in [0.25, 0.3) is 0 Å². The van der Waals surface area contributed by atoms with Gasteiger partial charge in [0.05, 0.1) is 11.3 Å². The van der Waals surface area contributed by atoms with Gasteiger partial charge in [0.1, 0.15) is 5.54 Å². The molecule has 1 aromatic rings. The maximum Gasteiger partial charge on any atom is 0.406 e. The summed E-state index contributed by atoms with van der Waals surface area (Å²) in [4.78, 5) is 14.4. The van der Waals surface area contributed by atoms with Gasteiger partial charge in [-0.3, -0.25) is 10.3 Å². The maximum absolute atomic E-state index is 12.6. The second kappa shape index (κ2) is 4.24. The number of alkyl halides is 3. The normalized spacial score (nSPS) is 17.5. The first-order chi connectivity index (χ1) is 8.34. The number of rotatable bonds is 4. The van der Waals surface area contributed by atoms with Gasteiger partial charge in [0.15, 0.2) is 0 Å². The molecule has 0 atom stereocenters. The third-order valence-corrected chi connectivity index (χ3v) is 2.97. The van der Waals surface area contributed by atoms with Crippen molar-refractivity contribution >= 4 is 5.97 Å². The van der Waals surface area contributed by atoms with Crippen molar-refractivity contribution in [3.8, 4) is 0 Å². The number of halogens is 3. The summed E-state index contributed by atoms with van der Waals surface area (Å²) in [5.41, 5.74) is -1.38. The van der Waals surface area contributed by atoms with E-state index in [4.69, 9.17) is 5.11 Å². The van der Waals surface area contributed by atoms with Gasteiger partial charge in [0, 0.05) is 12.7 Å². The summed E-state index contributed by atoms with van der Waals surface area (Å²) in [5.74, 6) is -1.11. The van der Waals surface area contributed by atoms with Crippen molar-refractivity contribution in [2.75, 3.05) is 0 Å². The minimum absolute atomic E-state index is 0.00991. The Morgan fingerprint density at radius 1 is 1.44 bits per heavy atom. The van der Waals surface area contributed by atoms with E-state index in [9.17, 15) is 18.0 Å². The van der Waals surface area contributed by atoms with Crippen LogP contribution in [0.2, 0.25) is 0 Å². The Labute approximate surface area is 101 Å². The van der Waals surface area contributed by atoms with Gasteiger partial charge in [-0.15, -0.1) is 0 Å². The molecule has 1 aliphatic carbocycles. The first kappa shape index (κ1) is 12.8. The van der Waals surface area contributed by atoms with Crippen molar-refractivity contribution in [2.24, 2.45) is 0 Å². The zero-order chi connectivity index (χ0) is 13.4. The zero-order valence-electron chi connectivity index (χ0n) is 9.29. The molecule has 1 aromatic heterocycles. The summed E-state index contributed by atoms with van der Waals surface area (Å²) in [7, 11) is 0. The number of carbonyl (C=O) groups is 1. The lowest BCUT2D eigenvalue weighted by Crippen LogP contribution is -2.44. The molecule has 0 radical (unpaired) electrons. The molecule has 7 heteroatoms. The molecule has 1 heterocycles. The average Bonchev–Trinajstić information content (AvgIpc) is 3.07. The maximum atomic E-state index is 12.6. The minimum atomic E-state index is -4.26. The smallest absolute Gasteiger partial charge is 0.406 e. The summed E-state index contributed by atoms with van der Waals surface area (Å²) in [5, 5.41) is 11.1. The van der Waals surface area contributed by atoms with Crippen molar-refractivity contribution in [3.05, 3.63) is 29.6 Å². The van der Waals surface area contributed by atoms with Crippen LogP contribution in [0.3, 0.4) is 0 Å². The highest BCUT2D eigenvalue weighted by molar-refractivity contribution is 5.87.